The van der Waals surface area contributed by atoms with Crippen LogP contribution in [0.25, 0.3) is 0 Å². The van der Waals surface area contributed by atoms with Crippen molar-refractivity contribution in [2.24, 2.45) is 5.92 Å². The predicted molar refractivity (Wildman–Crippen MR) is 101 cm³/mol. The number of para-hydroxylation sites is 1. The summed E-state index contributed by atoms with van der Waals surface area (Å²) in [6.07, 6.45) is 1.17. The van der Waals surface area contributed by atoms with E-state index >= 15 is 0 Å². The first-order valence-electron chi connectivity index (χ1n) is 8.73. The van der Waals surface area contributed by atoms with Crippen LogP contribution in [0.1, 0.15) is 32.8 Å². The van der Waals surface area contributed by atoms with Gasteiger partial charge in [-0.25, -0.2) is 0 Å². The second-order valence-corrected chi connectivity index (χ2v) is 6.63. The standard InChI is InChI=1S/C21H29NO2/c1-16(2)13-14-23-20-11-9-19(10-12-20)22-15-18(4)24-21-8-6-5-7-17(21)3/h5-12,16,18,22H,13-15H2,1-4H3. The average molecular weight is 327 g/mol. The highest BCUT2D eigenvalue weighted by Crippen LogP contribution is 2.19. The van der Waals surface area contributed by atoms with Gasteiger partial charge in [0.15, 0.2) is 0 Å². The summed E-state index contributed by atoms with van der Waals surface area (Å²) in [7, 11) is 0. The molecule has 1 N–H and O–H groups in total. The Bertz CT molecular complexity index is 607. The molecule has 3 heteroatoms. The average Bonchev–Trinajstić information content (AvgIpc) is 2.56. The molecule has 1 atom stereocenters. The van der Waals surface area contributed by atoms with E-state index < -0.39 is 0 Å². The molecule has 0 radical (unpaired) electrons. The van der Waals surface area contributed by atoms with Gasteiger partial charge in [0.1, 0.15) is 17.6 Å². The highest BCUT2D eigenvalue weighted by Gasteiger charge is 2.06. The third-order valence-electron chi connectivity index (χ3n) is 3.83. The predicted octanol–water partition coefficient (Wildman–Crippen LogP) is 5.30. The molecule has 0 aliphatic rings. The van der Waals surface area contributed by atoms with E-state index in [9.17, 15) is 0 Å². The third-order valence-corrected chi connectivity index (χ3v) is 3.83. The number of nitrogens with one attached hydrogen (secondary N) is 1. The van der Waals surface area contributed by atoms with Crippen LogP contribution in [-0.4, -0.2) is 19.3 Å². The maximum absolute atomic E-state index is 5.98. The van der Waals surface area contributed by atoms with Crippen LogP contribution in [-0.2, 0) is 0 Å². The summed E-state index contributed by atoms with van der Waals surface area (Å²) >= 11 is 0. The van der Waals surface area contributed by atoms with E-state index in [4.69, 9.17) is 9.47 Å². The summed E-state index contributed by atoms with van der Waals surface area (Å²) in [5.41, 5.74) is 2.23. The van der Waals surface area contributed by atoms with Crippen LogP contribution < -0.4 is 14.8 Å². The Kier molecular flexibility index (Phi) is 6.98. The molecular formula is C21H29NO2. The molecule has 2 aromatic rings. The lowest BCUT2D eigenvalue weighted by molar-refractivity contribution is 0.233. The molecule has 0 aliphatic carbocycles. The molecule has 3 nitrogen and oxygen atoms in total. The molecule has 0 saturated carbocycles. The number of anilines is 1. The Balaban J connectivity index is 1.76. The van der Waals surface area contributed by atoms with Crippen LogP contribution in [0.4, 0.5) is 5.69 Å². The molecule has 0 amide bonds. The normalized spacial score (nSPS) is 12.0. The van der Waals surface area contributed by atoms with Crippen LogP contribution in [0, 0.1) is 12.8 Å². The zero-order chi connectivity index (χ0) is 17.4. The smallest absolute Gasteiger partial charge is 0.122 e. The Morgan fingerprint density at radius 3 is 2.33 bits per heavy atom. The fourth-order valence-corrected chi connectivity index (χ4v) is 2.29. The lowest BCUT2D eigenvalue weighted by Crippen LogP contribution is -2.22. The van der Waals surface area contributed by atoms with E-state index in [2.05, 4.69) is 39.1 Å². The van der Waals surface area contributed by atoms with Gasteiger partial charge >= 0.3 is 0 Å². The Hall–Kier alpha value is -2.16. The number of aryl methyl sites for hydroxylation is 1. The number of hydrogen-bond acceptors (Lipinski definition) is 3. The second-order valence-electron chi connectivity index (χ2n) is 6.63. The zero-order valence-electron chi connectivity index (χ0n) is 15.2. The summed E-state index contributed by atoms with van der Waals surface area (Å²) in [4.78, 5) is 0. The van der Waals surface area contributed by atoms with Gasteiger partial charge in [-0.2, -0.15) is 0 Å². The highest BCUT2D eigenvalue weighted by atomic mass is 16.5. The van der Waals surface area contributed by atoms with E-state index in [1.54, 1.807) is 0 Å². The summed E-state index contributed by atoms with van der Waals surface area (Å²) in [5, 5.41) is 3.41. The van der Waals surface area contributed by atoms with Crippen molar-refractivity contribution in [1.82, 2.24) is 0 Å². The van der Waals surface area contributed by atoms with E-state index in [0.29, 0.717) is 5.92 Å². The molecule has 1 unspecified atom stereocenters. The Labute approximate surface area is 146 Å². The van der Waals surface area contributed by atoms with Crippen molar-refractivity contribution in [3.8, 4) is 11.5 Å². The monoisotopic (exact) mass is 327 g/mol. The molecule has 2 rings (SSSR count). The molecule has 0 heterocycles. The van der Waals surface area contributed by atoms with Crippen molar-refractivity contribution < 1.29 is 9.47 Å². The molecule has 0 aliphatic heterocycles. The van der Waals surface area contributed by atoms with Gasteiger partial charge in [-0.15, -0.1) is 0 Å². The quantitative estimate of drug-likeness (QED) is 0.678. The second kappa shape index (κ2) is 9.21. The van der Waals surface area contributed by atoms with E-state index in [1.807, 2.05) is 42.5 Å². The number of benzene rings is 2. The SMILES string of the molecule is Cc1ccccc1OC(C)CNc1ccc(OCCC(C)C)cc1. The first-order chi connectivity index (χ1) is 11.5. The van der Waals surface area contributed by atoms with Crippen LogP contribution in [0.2, 0.25) is 0 Å². The summed E-state index contributed by atoms with van der Waals surface area (Å²) in [6.45, 7) is 10.1. The molecule has 0 fully saturated rings. The summed E-state index contributed by atoms with van der Waals surface area (Å²) in [5.74, 6) is 2.53. The van der Waals surface area contributed by atoms with Gasteiger partial charge in [0, 0.05) is 5.69 Å². The van der Waals surface area contributed by atoms with Gasteiger partial charge < -0.3 is 14.8 Å². The van der Waals surface area contributed by atoms with Crippen molar-refractivity contribution >= 4 is 5.69 Å². The molecule has 0 saturated heterocycles. The van der Waals surface area contributed by atoms with E-state index in [-0.39, 0.29) is 6.10 Å². The topological polar surface area (TPSA) is 30.5 Å². The van der Waals surface area contributed by atoms with Crippen LogP contribution >= 0.6 is 0 Å². The van der Waals surface area contributed by atoms with Crippen molar-refractivity contribution in [2.75, 3.05) is 18.5 Å². The lowest BCUT2D eigenvalue weighted by Gasteiger charge is -2.17. The minimum Gasteiger partial charge on any atom is -0.494 e. The molecule has 0 bridgehead atoms. The fourth-order valence-electron chi connectivity index (χ4n) is 2.29. The van der Waals surface area contributed by atoms with E-state index in [1.165, 1.54) is 0 Å². The van der Waals surface area contributed by atoms with Crippen molar-refractivity contribution in [3.05, 3.63) is 54.1 Å². The molecule has 24 heavy (non-hydrogen) atoms. The summed E-state index contributed by atoms with van der Waals surface area (Å²) < 4.78 is 11.7. The molecule has 130 valence electrons. The first-order valence-corrected chi connectivity index (χ1v) is 8.73. The van der Waals surface area contributed by atoms with Crippen molar-refractivity contribution in [3.63, 3.8) is 0 Å². The number of ether oxygens (including phenoxy) is 2. The fraction of sp³-hybridized carbons (Fsp3) is 0.429. The largest absolute Gasteiger partial charge is 0.494 e. The van der Waals surface area contributed by atoms with Gasteiger partial charge in [0.05, 0.1) is 13.2 Å². The zero-order valence-corrected chi connectivity index (χ0v) is 15.2. The number of hydrogen-bond donors (Lipinski definition) is 1. The minimum absolute atomic E-state index is 0.0908. The molecular weight excluding hydrogens is 298 g/mol. The Morgan fingerprint density at radius 2 is 1.67 bits per heavy atom. The van der Waals surface area contributed by atoms with Gasteiger partial charge in [-0.1, -0.05) is 32.0 Å². The minimum atomic E-state index is 0.0908. The molecule has 0 spiro atoms. The van der Waals surface area contributed by atoms with Gasteiger partial charge in [-0.05, 0) is 62.1 Å². The van der Waals surface area contributed by atoms with Gasteiger partial charge in [0.2, 0.25) is 0 Å². The van der Waals surface area contributed by atoms with E-state index in [0.717, 1.165) is 42.3 Å². The first kappa shape index (κ1) is 18.2. The maximum Gasteiger partial charge on any atom is 0.122 e. The van der Waals surface area contributed by atoms with Crippen LogP contribution in [0.3, 0.4) is 0 Å². The third kappa shape index (κ3) is 6.15. The lowest BCUT2D eigenvalue weighted by atomic mass is 10.1. The van der Waals surface area contributed by atoms with Crippen molar-refractivity contribution in [2.45, 2.75) is 40.2 Å². The van der Waals surface area contributed by atoms with Crippen molar-refractivity contribution in [1.29, 1.82) is 0 Å². The summed E-state index contributed by atoms with van der Waals surface area (Å²) in [6, 6.07) is 16.2. The van der Waals surface area contributed by atoms with Gasteiger partial charge in [-0.3, -0.25) is 0 Å². The maximum atomic E-state index is 5.98. The van der Waals surface area contributed by atoms with Crippen LogP contribution in [0.5, 0.6) is 11.5 Å². The highest BCUT2D eigenvalue weighted by molar-refractivity contribution is 5.46. The number of rotatable bonds is 9. The molecule has 0 aromatic heterocycles. The molecule has 2 aromatic carbocycles. The van der Waals surface area contributed by atoms with Crippen LogP contribution in [0.15, 0.2) is 48.5 Å². The van der Waals surface area contributed by atoms with Gasteiger partial charge in [0.25, 0.3) is 0 Å². The Morgan fingerprint density at radius 1 is 0.958 bits per heavy atom.